The zero-order valence-electron chi connectivity index (χ0n) is 17.6. The summed E-state index contributed by atoms with van der Waals surface area (Å²) in [5.74, 6) is -0.873. The third-order valence-electron chi connectivity index (χ3n) is 6.27. The fraction of sp³-hybridized carbons (Fsp3) is 0.348. The number of imidazole rings is 1. The van der Waals surface area contributed by atoms with Crippen LogP contribution in [0.15, 0.2) is 48.5 Å². The van der Waals surface area contributed by atoms with Gasteiger partial charge in [0.05, 0.1) is 21.9 Å². The SMILES string of the molecule is C[C@]12CCC(=O)N1[C@@H](C(=O)N[C@@H](c1ccccc1)c1ccc3nc(C(F)(F)F)[nH]c3c1)CS2. The summed E-state index contributed by atoms with van der Waals surface area (Å²) in [6, 6.07) is 12.7. The fourth-order valence-corrected chi connectivity index (χ4v) is 6.03. The Morgan fingerprint density at radius 1 is 1.24 bits per heavy atom. The lowest BCUT2D eigenvalue weighted by Gasteiger charge is -2.31. The predicted octanol–water partition coefficient (Wildman–Crippen LogP) is 4.24. The molecule has 33 heavy (non-hydrogen) atoms. The Hall–Kier alpha value is -3.01. The molecule has 10 heteroatoms. The van der Waals surface area contributed by atoms with Crippen LogP contribution in [0.1, 0.15) is 42.8 Å². The van der Waals surface area contributed by atoms with Crippen LogP contribution in [0, 0.1) is 0 Å². The van der Waals surface area contributed by atoms with Gasteiger partial charge in [0.25, 0.3) is 0 Å². The van der Waals surface area contributed by atoms with Gasteiger partial charge in [0.2, 0.25) is 17.6 Å². The highest BCUT2D eigenvalue weighted by molar-refractivity contribution is 8.01. The Balaban J connectivity index is 1.48. The molecule has 0 saturated carbocycles. The van der Waals surface area contributed by atoms with E-state index in [0.29, 0.717) is 24.2 Å². The van der Waals surface area contributed by atoms with Crippen LogP contribution in [0.2, 0.25) is 0 Å². The van der Waals surface area contributed by atoms with Crippen LogP contribution in [0.5, 0.6) is 0 Å². The number of hydrogen-bond acceptors (Lipinski definition) is 4. The number of aromatic nitrogens is 2. The first kappa shape index (κ1) is 21.8. The first-order valence-corrected chi connectivity index (χ1v) is 11.5. The number of carbonyl (C=O) groups is 2. The molecule has 0 bridgehead atoms. The molecule has 1 aromatic heterocycles. The molecule has 2 saturated heterocycles. The van der Waals surface area contributed by atoms with Crippen molar-refractivity contribution < 1.29 is 22.8 Å². The molecular weight excluding hydrogens is 453 g/mol. The molecule has 172 valence electrons. The van der Waals surface area contributed by atoms with Gasteiger partial charge in [-0.25, -0.2) is 4.98 Å². The zero-order valence-corrected chi connectivity index (χ0v) is 18.5. The second-order valence-electron chi connectivity index (χ2n) is 8.48. The summed E-state index contributed by atoms with van der Waals surface area (Å²) in [7, 11) is 0. The Bertz CT molecular complexity index is 1230. The minimum absolute atomic E-state index is 0.0301. The van der Waals surface area contributed by atoms with Gasteiger partial charge < -0.3 is 15.2 Å². The third kappa shape index (κ3) is 3.86. The Morgan fingerprint density at radius 2 is 2.00 bits per heavy atom. The molecule has 0 spiro atoms. The van der Waals surface area contributed by atoms with Gasteiger partial charge in [0.1, 0.15) is 6.04 Å². The summed E-state index contributed by atoms with van der Waals surface area (Å²) < 4.78 is 39.2. The Kier molecular flexibility index (Phi) is 5.15. The van der Waals surface area contributed by atoms with E-state index in [9.17, 15) is 22.8 Å². The summed E-state index contributed by atoms with van der Waals surface area (Å²) in [4.78, 5) is 33.1. The van der Waals surface area contributed by atoms with E-state index in [0.717, 1.165) is 5.56 Å². The van der Waals surface area contributed by atoms with Gasteiger partial charge in [-0.1, -0.05) is 36.4 Å². The minimum atomic E-state index is -4.58. The molecule has 0 radical (unpaired) electrons. The van der Waals surface area contributed by atoms with Crippen molar-refractivity contribution in [3.05, 3.63) is 65.5 Å². The van der Waals surface area contributed by atoms with Crippen molar-refractivity contribution in [1.82, 2.24) is 20.2 Å². The summed E-state index contributed by atoms with van der Waals surface area (Å²) >= 11 is 1.61. The van der Waals surface area contributed by atoms with Gasteiger partial charge in [0.15, 0.2) is 0 Å². The highest BCUT2D eigenvalue weighted by Gasteiger charge is 2.53. The van der Waals surface area contributed by atoms with Crippen molar-refractivity contribution in [2.24, 2.45) is 0 Å². The van der Waals surface area contributed by atoms with E-state index in [2.05, 4.69) is 15.3 Å². The number of halogens is 3. The highest BCUT2D eigenvalue weighted by atomic mass is 32.2. The number of alkyl halides is 3. The predicted molar refractivity (Wildman–Crippen MR) is 118 cm³/mol. The molecule has 2 fully saturated rings. The molecule has 3 atom stereocenters. The number of aromatic amines is 1. The van der Waals surface area contributed by atoms with Crippen molar-refractivity contribution in [3.63, 3.8) is 0 Å². The quantitative estimate of drug-likeness (QED) is 0.593. The molecule has 2 N–H and O–H groups in total. The van der Waals surface area contributed by atoms with Gasteiger partial charge in [-0.05, 0) is 36.6 Å². The lowest BCUT2D eigenvalue weighted by atomic mass is 9.97. The number of rotatable bonds is 4. The second-order valence-corrected chi connectivity index (χ2v) is 9.98. The van der Waals surface area contributed by atoms with Crippen LogP contribution in [-0.2, 0) is 15.8 Å². The van der Waals surface area contributed by atoms with Gasteiger partial charge in [-0.2, -0.15) is 13.2 Å². The van der Waals surface area contributed by atoms with E-state index in [-0.39, 0.29) is 27.7 Å². The van der Waals surface area contributed by atoms with Crippen molar-refractivity contribution in [3.8, 4) is 0 Å². The van der Waals surface area contributed by atoms with Crippen LogP contribution >= 0.6 is 11.8 Å². The van der Waals surface area contributed by atoms with Gasteiger partial charge in [-0.3, -0.25) is 9.59 Å². The van der Waals surface area contributed by atoms with Crippen LogP contribution in [-0.4, -0.2) is 43.3 Å². The summed E-state index contributed by atoms with van der Waals surface area (Å²) in [6.45, 7) is 1.98. The molecule has 3 heterocycles. The largest absolute Gasteiger partial charge is 0.449 e. The monoisotopic (exact) mass is 474 g/mol. The molecule has 3 aromatic rings. The van der Waals surface area contributed by atoms with E-state index in [1.807, 2.05) is 37.3 Å². The number of benzene rings is 2. The second kappa shape index (κ2) is 7.79. The molecule has 2 aromatic carbocycles. The summed E-state index contributed by atoms with van der Waals surface area (Å²) in [6.07, 6.45) is -3.45. The summed E-state index contributed by atoms with van der Waals surface area (Å²) in [5, 5.41) is 3.04. The number of nitrogens with zero attached hydrogens (tertiary/aromatic N) is 2. The van der Waals surface area contributed by atoms with Gasteiger partial charge >= 0.3 is 6.18 Å². The third-order valence-corrected chi connectivity index (χ3v) is 7.78. The number of amides is 2. The first-order valence-electron chi connectivity index (χ1n) is 10.5. The van der Waals surface area contributed by atoms with Crippen LogP contribution in [0.3, 0.4) is 0 Å². The molecule has 2 amide bonds. The molecule has 0 aliphatic carbocycles. The molecule has 2 aliphatic rings. The topological polar surface area (TPSA) is 78.1 Å². The minimum Gasteiger partial charge on any atom is -0.343 e. The maximum absolute atomic E-state index is 13.3. The maximum Gasteiger partial charge on any atom is 0.449 e. The Labute approximate surface area is 191 Å². The molecule has 0 unspecified atom stereocenters. The number of thioether (sulfide) groups is 1. The average Bonchev–Trinajstić information content (AvgIpc) is 3.45. The van der Waals surface area contributed by atoms with Crippen molar-refractivity contribution in [1.29, 1.82) is 0 Å². The van der Waals surface area contributed by atoms with E-state index >= 15 is 0 Å². The van der Waals surface area contributed by atoms with Crippen LogP contribution in [0.25, 0.3) is 11.0 Å². The summed E-state index contributed by atoms with van der Waals surface area (Å²) in [5.41, 5.74) is 1.81. The number of carbonyl (C=O) groups excluding carboxylic acids is 2. The number of nitrogens with one attached hydrogen (secondary N) is 2. The van der Waals surface area contributed by atoms with Crippen LogP contribution in [0.4, 0.5) is 13.2 Å². The smallest absolute Gasteiger partial charge is 0.343 e. The molecule has 5 rings (SSSR count). The zero-order chi connectivity index (χ0) is 23.4. The lowest BCUT2D eigenvalue weighted by molar-refractivity contribution is -0.144. The number of fused-ring (bicyclic) bond motifs is 2. The van der Waals surface area contributed by atoms with E-state index in [1.54, 1.807) is 28.8 Å². The van der Waals surface area contributed by atoms with E-state index < -0.39 is 24.1 Å². The Morgan fingerprint density at radius 3 is 2.73 bits per heavy atom. The standard InChI is InChI=1S/C23H21F3N4O2S/c1-22-10-9-18(31)30(22)17(12-33-22)20(32)29-19(13-5-3-2-4-6-13)14-7-8-15-16(11-14)28-21(27-15)23(24,25)26/h2-8,11,17,19H,9-10,12H2,1H3,(H,27,28)(H,29,32)/t17-,19+,22+/m1/s1. The maximum atomic E-state index is 13.3. The number of hydrogen-bond donors (Lipinski definition) is 2. The van der Waals surface area contributed by atoms with Gasteiger partial charge in [0, 0.05) is 12.2 Å². The first-order chi connectivity index (χ1) is 15.7. The highest BCUT2D eigenvalue weighted by Crippen LogP contribution is 2.47. The fourth-order valence-electron chi connectivity index (χ4n) is 4.60. The normalized spacial score (nSPS) is 23.7. The van der Waals surface area contributed by atoms with Crippen molar-refractivity contribution in [2.45, 2.75) is 42.9 Å². The average molecular weight is 475 g/mol. The molecular formula is C23H21F3N4O2S. The molecule has 6 nitrogen and oxygen atoms in total. The van der Waals surface area contributed by atoms with Crippen LogP contribution < -0.4 is 5.32 Å². The molecule has 2 aliphatic heterocycles. The van der Waals surface area contributed by atoms with Crippen molar-refractivity contribution >= 4 is 34.6 Å². The van der Waals surface area contributed by atoms with E-state index in [1.165, 1.54) is 6.07 Å². The lowest BCUT2D eigenvalue weighted by Crippen LogP contribution is -2.50. The van der Waals surface area contributed by atoms with Gasteiger partial charge in [-0.15, -0.1) is 11.8 Å². The van der Waals surface area contributed by atoms with Crippen molar-refractivity contribution in [2.75, 3.05) is 5.75 Å². The van der Waals surface area contributed by atoms with E-state index in [4.69, 9.17) is 0 Å². The number of H-pyrrole nitrogens is 1.